The van der Waals surface area contributed by atoms with Crippen LogP contribution in [0.25, 0.3) is 0 Å². The fourth-order valence-corrected chi connectivity index (χ4v) is 0.875. The van der Waals surface area contributed by atoms with Gasteiger partial charge in [-0.15, -0.1) is 6.58 Å². The number of aliphatic hydroxyl groups excluding tert-OH is 1. The lowest BCUT2D eigenvalue weighted by atomic mass is 10.2. The summed E-state index contributed by atoms with van der Waals surface area (Å²) < 4.78 is 9.99. The number of rotatable bonds is 6. The Hall–Kier alpha value is -0.870. The van der Waals surface area contributed by atoms with Crippen LogP contribution in [0.4, 0.5) is 0 Å². The third kappa shape index (κ3) is 4.99. The van der Waals surface area contributed by atoms with Crippen LogP contribution in [0.5, 0.6) is 0 Å². The van der Waals surface area contributed by atoms with Gasteiger partial charge in [0.05, 0.1) is 18.8 Å². The summed E-state index contributed by atoms with van der Waals surface area (Å²) in [6.07, 6.45) is -0.523. The highest BCUT2D eigenvalue weighted by atomic mass is 16.6. The fraction of sp³-hybridized carbons (Fsp3) is 0.700. The van der Waals surface area contributed by atoms with Gasteiger partial charge in [0.2, 0.25) is 0 Å². The van der Waals surface area contributed by atoms with E-state index in [0.29, 0.717) is 0 Å². The van der Waals surface area contributed by atoms with Crippen molar-refractivity contribution in [2.45, 2.75) is 39.1 Å². The van der Waals surface area contributed by atoms with Crippen LogP contribution in [0, 0.1) is 0 Å². The summed E-state index contributed by atoms with van der Waals surface area (Å²) in [7, 11) is 0. The van der Waals surface area contributed by atoms with Crippen LogP contribution in [0.15, 0.2) is 12.7 Å². The number of hydrogen-bond acceptors (Lipinski definition) is 4. The Balaban J connectivity index is 4.18. The summed E-state index contributed by atoms with van der Waals surface area (Å²) in [5.41, 5.74) is 0. The first-order chi connectivity index (χ1) is 6.49. The predicted molar refractivity (Wildman–Crippen MR) is 52.8 cm³/mol. The topological polar surface area (TPSA) is 55.8 Å². The quantitative estimate of drug-likeness (QED) is 0.513. The second kappa shape index (κ2) is 6.56. The van der Waals surface area contributed by atoms with Crippen molar-refractivity contribution in [1.29, 1.82) is 0 Å². The molecule has 0 saturated heterocycles. The predicted octanol–water partition coefficient (Wildman–Crippen LogP) is 0.890. The van der Waals surface area contributed by atoms with Crippen molar-refractivity contribution in [3.63, 3.8) is 0 Å². The third-order valence-electron chi connectivity index (χ3n) is 1.42. The molecule has 0 aromatic heterocycles. The van der Waals surface area contributed by atoms with Gasteiger partial charge in [0.1, 0.15) is 0 Å². The molecule has 1 N–H and O–H groups in total. The van der Waals surface area contributed by atoms with E-state index in [1.165, 1.54) is 13.0 Å². The number of carbonyl (C=O) groups is 1. The zero-order valence-corrected chi connectivity index (χ0v) is 8.90. The van der Waals surface area contributed by atoms with Crippen LogP contribution in [-0.2, 0) is 14.3 Å². The van der Waals surface area contributed by atoms with Crippen molar-refractivity contribution < 1.29 is 19.4 Å². The minimum Gasteiger partial charge on any atom is -0.461 e. The fourth-order valence-electron chi connectivity index (χ4n) is 0.875. The average molecular weight is 202 g/mol. The molecule has 0 aromatic carbocycles. The van der Waals surface area contributed by atoms with E-state index >= 15 is 0 Å². The number of esters is 1. The van der Waals surface area contributed by atoms with Gasteiger partial charge in [-0.2, -0.15) is 0 Å². The van der Waals surface area contributed by atoms with E-state index < -0.39 is 18.2 Å². The Kier molecular flexibility index (Phi) is 6.16. The first-order valence-electron chi connectivity index (χ1n) is 4.60. The van der Waals surface area contributed by atoms with Gasteiger partial charge in [-0.3, -0.25) is 0 Å². The Labute approximate surface area is 84.5 Å². The molecule has 0 spiro atoms. The maximum Gasteiger partial charge on any atom is 0.338 e. The zero-order chi connectivity index (χ0) is 11.1. The summed E-state index contributed by atoms with van der Waals surface area (Å²) in [6, 6.07) is 0. The molecule has 0 aliphatic carbocycles. The second-order valence-corrected chi connectivity index (χ2v) is 3.27. The van der Waals surface area contributed by atoms with E-state index in [1.807, 2.05) is 0 Å². The maximum atomic E-state index is 11.4. The highest BCUT2D eigenvalue weighted by Crippen LogP contribution is 2.04. The van der Waals surface area contributed by atoms with Crippen molar-refractivity contribution in [1.82, 2.24) is 0 Å². The van der Waals surface area contributed by atoms with E-state index in [4.69, 9.17) is 9.47 Å². The second-order valence-electron chi connectivity index (χ2n) is 3.27. The molecule has 2 atom stereocenters. The van der Waals surface area contributed by atoms with E-state index in [-0.39, 0.29) is 12.7 Å². The smallest absolute Gasteiger partial charge is 0.338 e. The van der Waals surface area contributed by atoms with E-state index in [1.54, 1.807) is 13.8 Å². The van der Waals surface area contributed by atoms with Gasteiger partial charge in [0, 0.05) is 0 Å². The number of hydrogen-bond donors (Lipinski definition) is 1. The molecule has 0 heterocycles. The molecular formula is C10H18O4. The first-order valence-corrected chi connectivity index (χ1v) is 4.60. The van der Waals surface area contributed by atoms with Gasteiger partial charge in [-0.25, -0.2) is 4.79 Å². The molecule has 0 aromatic rings. The van der Waals surface area contributed by atoms with Crippen molar-refractivity contribution >= 4 is 5.97 Å². The first kappa shape index (κ1) is 13.1. The maximum absolute atomic E-state index is 11.4. The van der Waals surface area contributed by atoms with E-state index in [2.05, 4.69) is 6.58 Å². The van der Waals surface area contributed by atoms with Gasteiger partial charge >= 0.3 is 5.97 Å². The SMILES string of the molecule is C=CCOC(C(=O)OC(C)C)C(C)O. The monoisotopic (exact) mass is 202 g/mol. The molecule has 14 heavy (non-hydrogen) atoms. The number of carbonyl (C=O) groups excluding carboxylic acids is 1. The molecule has 0 aliphatic rings. The molecule has 4 heteroatoms. The van der Waals surface area contributed by atoms with E-state index in [0.717, 1.165) is 0 Å². The molecule has 0 amide bonds. The van der Waals surface area contributed by atoms with Gasteiger partial charge in [0.25, 0.3) is 0 Å². The summed E-state index contributed by atoms with van der Waals surface area (Å²) >= 11 is 0. The van der Waals surface area contributed by atoms with Gasteiger partial charge < -0.3 is 14.6 Å². The van der Waals surface area contributed by atoms with Crippen molar-refractivity contribution in [2.75, 3.05) is 6.61 Å². The number of aliphatic hydroxyl groups is 1. The zero-order valence-electron chi connectivity index (χ0n) is 8.90. The normalized spacial score (nSPS) is 14.9. The van der Waals surface area contributed by atoms with Crippen molar-refractivity contribution in [3.05, 3.63) is 12.7 Å². The molecule has 82 valence electrons. The third-order valence-corrected chi connectivity index (χ3v) is 1.42. The van der Waals surface area contributed by atoms with Gasteiger partial charge in [0.15, 0.2) is 6.10 Å². The van der Waals surface area contributed by atoms with Crippen molar-refractivity contribution in [3.8, 4) is 0 Å². The highest BCUT2D eigenvalue weighted by molar-refractivity contribution is 5.75. The summed E-state index contributed by atoms with van der Waals surface area (Å²) in [6.45, 7) is 8.63. The lowest BCUT2D eigenvalue weighted by Gasteiger charge is -2.19. The summed E-state index contributed by atoms with van der Waals surface area (Å²) in [5, 5.41) is 9.26. The average Bonchev–Trinajstić information content (AvgIpc) is 2.02. The Morgan fingerprint density at radius 2 is 2.07 bits per heavy atom. The molecule has 0 bridgehead atoms. The lowest BCUT2D eigenvalue weighted by Crippen LogP contribution is -2.37. The van der Waals surface area contributed by atoms with E-state index in [9.17, 15) is 9.90 Å². The highest BCUT2D eigenvalue weighted by Gasteiger charge is 2.26. The Bertz CT molecular complexity index is 187. The van der Waals surface area contributed by atoms with Crippen LogP contribution in [-0.4, -0.2) is 36.0 Å². The molecule has 0 rings (SSSR count). The molecule has 2 unspecified atom stereocenters. The Morgan fingerprint density at radius 1 is 1.50 bits per heavy atom. The molecule has 4 nitrogen and oxygen atoms in total. The standard InChI is InChI=1S/C10H18O4/c1-5-6-13-9(8(4)11)10(12)14-7(2)3/h5,7-9,11H,1,6H2,2-4H3. The van der Waals surface area contributed by atoms with Crippen molar-refractivity contribution in [2.24, 2.45) is 0 Å². The van der Waals surface area contributed by atoms with Crippen LogP contribution in [0.3, 0.4) is 0 Å². The largest absolute Gasteiger partial charge is 0.461 e. The Morgan fingerprint density at radius 3 is 2.43 bits per heavy atom. The molecule has 0 radical (unpaired) electrons. The number of ether oxygens (including phenoxy) is 2. The summed E-state index contributed by atoms with van der Waals surface area (Å²) in [4.78, 5) is 11.4. The van der Waals surface area contributed by atoms with Crippen LogP contribution in [0.1, 0.15) is 20.8 Å². The molecule has 0 fully saturated rings. The lowest BCUT2D eigenvalue weighted by molar-refractivity contribution is -0.167. The van der Waals surface area contributed by atoms with Crippen LogP contribution in [0.2, 0.25) is 0 Å². The minimum atomic E-state index is -0.935. The minimum absolute atomic E-state index is 0.211. The van der Waals surface area contributed by atoms with Crippen LogP contribution < -0.4 is 0 Å². The summed E-state index contributed by atoms with van der Waals surface area (Å²) in [5.74, 6) is -0.545. The van der Waals surface area contributed by atoms with Gasteiger partial charge in [-0.1, -0.05) is 6.08 Å². The molecule has 0 saturated carbocycles. The molecule has 0 aliphatic heterocycles. The van der Waals surface area contributed by atoms with Crippen LogP contribution >= 0.6 is 0 Å². The van der Waals surface area contributed by atoms with Gasteiger partial charge in [-0.05, 0) is 20.8 Å². The molecular weight excluding hydrogens is 184 g/mol.